The summed E-state index contributed by atoms with van der Waals surface area (Å²) in [5, 5.41) is 0.284. The predicted octanol–water partition coefficient (Wildman–Crippen LogP) is 2.22. The molecule has 0 N–H and O–H groups in total. The molecule has 0 bridgehead atoms. The number of carbonyl (C=O) groups excluding carboxylic acids is 3. The van der Waals surface area contributed by atoms with Gasteiger partial charge in [-0.3, -0.25) is 4.79 Å². The van der Waals surface area contributed by atoms with Crippen molar-refractivity contribution in [2.45, 2.75) is 13.8 Å². The molecule has 152 valence electrons. The van der Waals surface area contributed by atoms with Crippen molar-refractivity contribution in [1.82, 2.24) is 4.90 Å². The highest BCUT2D eigenvalue weighted by molar-refractivity contribution is 6.33. The zero-order valence-electron chi connectivity index (χ0n) is 16.3. The lowest BCUT2D eigenvalue weighted by Gasteiger charge is -2.32. The second kappa shape index (κ2) is 9.57. The first-order valence-electron chi connectivity index (χ1n) is 8.73. The summed E-state index contributed by atoms with van der Waals surface area (Å²) in [5.74, 6) is -1.62. The second-order valence-corrected chi connectivity index (χ2v) is 6.27. The number of benzene rings is 1. The van der Waals surface area contributed by atoms with E-state index in [2.05, 4.69) is 0 Å². The van der Waals surface area contributed by atoms with E-state index in [4.69, 9.17) is 25.8 Å². The number of anilines is 1. The Morgan fingerprint density at radius 2 is 1.79 bits per heavy atom. The van der Waals surface area contributed by atoms with Gasteiger partial charge in [0.25, 0.3) is 5.91 Å². The van der Waals surface area contributed by atoms with E-state index in [1.165, 1.54) is 19.1 Å². The Balaban J connectivity index is 2.58. The van der Waals surface area contributed by atoms with Crippen LogP contribution in [0.5, 0.6) is 0 Å². The van der Waals surface area contributed by atoms with E-state index in [0.717, 1.165) is 0 Å². The van der Waals surface area contributed by atoms with Gasteiger partial charge in [0, 0.05) is 18.7 Å². The first kappa shape index (κ1) is 21.7. The Kier molecular flexibility index (Phi) is 7.42. The van der Waals surface area contributed by atoms with Crippen molar-refractivity contribution < 1.29 is 28.6 Å². The van der Waals surface area contributed by atoms with Crippen LogP contribution in [0.3, 0.4) is 0 Å². The van der Waals surface area contributed by atoms with Gasteiger partial charge < -0.3 is 24.0 Å². The average Bonchev–Trinajstić information content (AvgIpc) is 2.73. The second-order valence-electron chi connectivity index (χ2n) is 5.86. The van der Waals surface area contributed by atoms with Crippen LogP contribution in [0.4, 0.5) is 5.69 Å². The minimum atomic E-state index is -0.736. The molecule has 0 aromatic heterocycles. The predicted molar refractivity (Wildman–Crippen MR) is 103 cm³/mol. The van der Waals surface area contributed by atoms with E-state index in [1.807, 2.05) is 13.8 Å². The Morgan fingerprint density at radius 1 is 1.14 bits per heavy atom. The third-order valence-corrected chi connectivity index (χ3v) is 4.69. The fraction of sp³-hybridized carbons (Fsp3) is 0.421. The van der Waals surface area contributed by atoms with Crippen molar-refractivity contribution in [3.63, 3.8) is 0 Å². The number of halogens is 1. The van der Waals surface area contributed by atoms with Crippen LogP contribution in [0.15, 0.2) is 29.5 Å². The fourth-order valence-electron chi connectivity index (χ4n) is 2.88. The summed E-state index contributed by atoms with van der Waals surface area (Å²) < 4.78 is 15.0. The van der Waals surface area contributed by atoms with Gasteiger partial charge in [0.2, 0.25) is 0 Å². The van der Waals surface area contributed by atoms with Crippen LogP contribution >= 0.6 is 11.6 Å². The molecule has 1 amide bonds. The molecule has 0 unspecified atom stereocenters. The quantitative estimate of drug-likeness (QED) is 0.664. The molecule has 1 aromatic rings. The van der Waals surface area contributed by atoms with Crippen molar-refractivity contribution in [3.8, 4) is 0 Å². The molecule has 1 aliphatic heterocycles. The van der Waals surface area contributed by atoms with Crippen molar-refractivity contribution in [3.05, 3.63) is 40.1 Å². The minimum Gasteiger partial charge on any atom is -0.466 e. The molecular weight excluding hydrogens is 388 g/mol. The summed E-state index contributed by atoms with van der Waals surface area (Å²) in [6.45, 7) is 4.73. The lowest BCUT2D eigenvalue weighted by atomic mass is 10.1. The molecule has 0 atom stereocenters. The molecule has 0 saturated heterocycles. The van der Waals surface area contributed by atoms with Crippen molar-refractivity contribution in [2.75, 3.05) is 45.5 Å². The molecule has 1 aliphatic rings. The Morgan fingerprint density at radius 3 is 2.36 bits per heavy atom. The highest BCUT2D eigenvalue weighted by atomic mass is 35.5. The molecule has 2 rings (SSSR count). The van der Waals surface area contributed by atoms with Crippen molar-refractivity contribution in [1.29, 1.82) is 0 Å². The fourth-order valence-corrected chi connectivity index (χ4v) is 3.10. The molecule has 0 aliphatic carbocycles. The van der Waals surface area contributed by atoms with Gasteiger partial charge in [-0.2, -0.15) is 0 Å². The van der Waals surface area contributed by atoms with Gasteiger partial charge in [-0.15, -0.1) is 0 Å². The maximum Gasteiger partial charge on any atom is 0.355 e. The molecule has 0 fully saturated rings. The first-order valence-corrected chi connectivity index (χ1v) is 9.11. The molecule has 8 nitrogen and oxygen atoms in total. The van der Waals surface area contributed by atoms with E-state index in [1.54, 1.807) is 23.1 Å². The Hall–Kier alpha value is -2.58. The molecule has 1 heterocycles. The van der Waals surface area contributed by atoms with Gasteiger partial charge in [-0.05, 0) is 32.0 Å². The maximum absolute atomic E-state index is 12.7. The summed E-state index contributed by atoms with van der Waals surface area (Å²) >= 11 is 6.34. The van der Waals surface area contributed by atoms with Crippen LogP contribution in [0.25, 0.3) is 0 Å². The lowest BCUT2D eigenvalue weighted by molar-refractivity contribution is -0.140. The monoisotopic (exact) mass is 410 g/mol. The average molecular weight is 411 g/mol. The van der Waals surface area contributed by atoms with Crippen molar-refractivity contribution in [2.24, 2.45) is 0 Å². The number of hydrogen-bond acceptors (Lipinski definition) is 7. The van der Waals surface area contributed by atoms with Gasteiger partial charge in [0.05, 0.1) is 37.1 Å². The number of hydrogen-bond donors (Lipinski definition) is 0. The number of amides is 1. The van der Waals surface area contributed by atoms with Gasteiger partial charge in [-0.25, -0.2) is 9.59 Å². The molecule has 1 aromatic carbocycles. The molecular formula is C19H23ClN2O6. The number of rotatable bonds is 6. The van der Waals surface area contributed by atoms with E-state index in [9.17, 15) is 14.4 Å². The summed E-state index contributed by atoms with van der Waals surface area (Å²) in [6.07, 6.45) is 0. The first-order chi connectivity index (χ1) is 13.4. The van der Waals surface area contributed by atoms with Crippen LogP contribution < -0.4 is 4.90 Å². The molecule has 28 heavy (non-hydrogen) atoms. The van der Waals surface area contributed by atoms with Gasteiger partial charge in [-0.1, -0.05) is 11.6 Å². The lowest BCUT2D eigenvalue weighted by Crippen LogP contribution is -2.39. The van der Waals surface area contributed by atoms with Gasteiger partial charge >= 0.3 is 11.9 Å². The maximum atomic E-state index is 12.7. The largest absolute Gasteiger partial charge is 0.466 e. The van der Waals surface area contributed by atoms with Crippen LogP contribution in [0.2, 0.25) is 5.02 Å². The van der Waals surface area contributed by atoms with Gasteiger partial charge in [0.1, 0.15) is 12.4 Å². The van der Waals surface area contributed by atoms with E-state index in [0.29, 0.717) is 24.3 Å². The normalized spacial score (nSPS) is 14.0. The summed E-state index contributed by atoms with van der Waals surface area (Å²) in [5.41, 5.74) is 0.728. The molecule has 0 saturated carbocycles. The smallest absolute Gasteiger partial charge is 0.355 e. The third kappa shape index (κ3) is 4.28. The Bertz CT molecular complexity index is 804. The van der Waals surface area contributed by atoms with Crippen molar-refractivity contribution >= 4 is 35.1 Å². The molecule has 9 heteroatoms. The topological polar surface area (TPSA) is 85.4 Å². The molecule has 0 radical (unpaired) electrons. The minimum absolute atomic E-state index is 0.0112. The SMILES string of the molecule is CCN(CC)C(=O)c1ccc(Cl)c(N2COCC(C(=O)OC)=C2C(=O)OC)c1. The van der Waals surface area contributed by atoms with E-state index in [-0.39, 0.29) is 35.5 Å². The number of ether oxygens (including phenoxy) is 3. The highest BCUT2D eigenvalue weighted by Gasteiger charge is 2.33. The highest BCUT2D eigenvalue weighted by Crippen LogP contribution is 2.33. The van der Waals surface area contributed by atoms with Crippen LogP contribution in [0.1, 0.15) is 24.2 Å². The zero-order valence-corrected chi connectivity index (χ0v) is 17.0. The zero-order chi connectivity index (χ0) is 20.8. The van der Waals surface area contributed by atoms with E-state index >= 15 is 0 Å². The van der Waals surface area contributed by atoms with Gasteiger partial charge in [0.15, 0.2) is 0 Å². The number of methoxy groups -OCH3 is 2. The number of esters is 2. The number of carbonyl (C=O) groups is 3. The summed E-state index contributed by atoms with van der Waals surface area (Å²) in [6, 6.07) is 4.74. The molecule has 0 spiro atoms. The summed E-state index contributed by atoms with van der Waals surface area (Å²) in [4.78, 5) is 40.3. The third-order valence-electron chi connectivity index (χ3n) is 4.37. The van der Waals surface area contributed by atoms with Crippen LogP contribution in [-0.4, -0.2) is 63.4 Å². The summed E-state index contributed by atoms with van der Waals surface area (Å²) in [7, 11) is 2.42. The standard InChI is InChI=1S/C19H23ClN2O6/c1-5-21(6-2)17(23)12-7-8-14(20)15(9-12)22-11-28-10-13(18(24)26-3)16(22)19(25)27-4/h7-9H,5-6,10-11H2,1-4H3. The number of nitrogens with zero attached hydrogens (tertiary/aromatic N) is 2. The Labute approximate surface area is 168 Å². The van der Waals surface area contributed by atoms with E-state index < -0.39 is 11.9 Å². The van der Waals surface area contributed by atoms with Crippen LogP contribution in [-0.2, 0) is 23.8 Å². The van der Waals surface area contributed by atoms with Crippen LogP contribution in [0, 0.1) is 0 Å².